The fourth-order valence-corrected chi connectivity index (χ4v) is 1.74. The first-order valence-corrected chi connectivity index (χ1v) is 5.57. The molecule has 0 aliphatic rings. The fraction of sp³-hybridized carbons (Fsp3) is 0.571. The SMILES string of the molecule is CC(C)(C)c1ccc(C(C)(C)C)c([O-])c1[O-].[Co+2]. The molecule has 0 spiro atoms. The van der Waals surface area contributed by atoms with Gasteiger partial charge in [-0.25, -0.2) is 0 Å². The molecule has 0 saturated heterocycles. The van der Waals surface area contributed by atoms with E-state index in [4.69, 9.17) is 0 Å². The van der Waals surface area contributed by atoms with Gasteiger partial charge in [0.1, 0.15) is 0 Å². The molecular weight excluding hydrogens is 259 g/mol. The first kappa shape index (κ1) is 16.3. The molecule has 0 saturated carbocycles. The van der Waals surface area contributed by atoms with Crippen LogP contribution in [0.25, 0.3) is 0 Å². The summed E-state index contributed by atoms with van der Waals surface area (Å²) in [5, 5.41) is 23.9. The zero-order chi connectivity index (χ0) is 12.7. The molecule has 0 aromatic heterocycles. The van der Waals surface area contributed by atoms with Crippen molar-refractivity contribution in [1.82, 2.24) is 0 Å². The number of hydrogen-bond acceptors (Lipinski definition) is 2. The second kappa shape index (κ2) is 4.90. The van der Waals surface area contributed by atoms with Crippen LogP contribution >= 0.6 is 0 Å². The first-order valence-electron chi connectivity index (χ1n) is 5.57. The molecule has 1 rings (SSSR count). The van der Waals surface area contributed by atoms with E-state index in [0.717, 1.165) is 0 Å². The maximum atomic E-state index is 12.0. The van der Waals surface area contributed by atoms with Crippen molar-refractivity contribution in [1.29, 1.82) is 0 Å². The summed E-state index contributed by atoms with van der Waals surface area (Å²) in [4.78, 5) is 0. The fourth-order valence-electron chi connectivity index (χ4n) is 1.74. The van der Waals surface area contributed by atoms with Gasteiger partial charge in [0.25, 0.3) is 0 Å². The van der Waals surface area contributed by atoms with Gasteiger partial charge in [0.2, 0.25) is 0 Å². The molecule has 0 bridgehead atoms. The van der Waals surface area contributed by atoms with Crippen molar-refractivity contribution >= 4 is 0 Å². The van der Waals surface area contributed by atoms with Crippen LogP contribution in [0.15, 0.2) is 12.1 Å². The van der Waals surface area contributed by atoms with Gasteiger partial charge in [-0.1, -0.05) is 64.8 Å². The number of benzene rings is 1. The summed E-state index contributed by atoms with van der Waals surface area (Å²) in [5.74, 6) is -0.695. The van der Waals surface area contributed by atoms with Crippen molar-refractivity contribution in [2.45, 2.75) is 52.4 Å². The summed E-state index contributed by atoms with van der Waals surface area (Å²) in [6.45, 7) is 11.7. The Morgan fingerprint density at radius 2 is 0.941 bits per heavy atom. The van der Waals surface area contributed by atoms with Crippen LogP contribution in [0.3, 0.4) is 0 Å². The largest absolute Gasteiger partial charge is 2.00 e. The maximum Gasteiger partial charge on any atom is 2.00 e. The number of rotatable bonds is 0. The maximum absolute atomic E-state index is 12.0. The standard InChI is InChI=1S/C14H22O2.Co/c1-13(2,3)9-7-8-10(14(4,5)6)12(16)11(9)15;/h7-8,15-16H,1-6H3;/q;+2/p-2. The van der Waals surface area contributed by atoms with E-state index in [1.165, 1.54) is 0 Å². The zero-order valence-electron chi connectivity index (χ0n) is 11.3. The van der Waals surface area contributed by atoms with Gasteiger partial charge in [0.05, 0.1) is 0 Å². The summed E-state index contributed by atoms with van der Waals surface area (Å²) >= 11 is 0. The van der Waals surface area contributed by atoms with Crippen molar-refractivity contribution in [3.05, 3.63) is 23.3 Å². The van der Waals surface area contributed by atoms with Gasteiger partial charge in [0, 0.05) is 0 Å². The minimum atomic E-state index is -0.347. The monoisotopic (exact) mass is 279 g/mol. The minimum absolute atomic E-state index is 0. The molecule has 0 aliphatic carbocycles. The van der Waals surface area contributed by atoms with E-state index in [2.05, 4.69) is 0 Å². The Balaban J connectivity index is 0.00000256. The van der Waals surface area contributed by atoms with Crippen LogP contribution in [0.5, 0.6) is 11.5 Å². The van der Waals surface area contributed by atoms with Gasteiger partial charge < -0.3 is 10.2 Å². The predicted octanol–water partition coefficient (Wildman–Crippen LogP) is 2.43. The third-order valence-electron chi connectivity index (χ3n) is 2.73. The van der Waals surface area contributed by atoms with Crippen molar-refractivity contribution < 1.29 is 27.0 Å². The third-order valence-corrected chi connectivity index (χ3v) is 2.73. The van der Waals surface area contributed by atoms with Gasteiger partial charge >= 0.3 is 16.8 Å². The summed E-state index contributed by atoms with van der Waals surface area (Å²) in [7, 11) is 0. The van der Waals surface area contributed by atoms with Crippen LogP contribution in [-0.4, -0.2) is 0 Å². The van der Waals surface area contributed by atoms with E-state index < -0.39 is 0 Å². The van der Waals surface area contributed by atoms with E-state index in [9.17, 15) is 10.2 Å². The van der Waals surface area contributed by atoms with Crippen molar-refractivity contribution in [2.75, 3.05) is 0 Å². The molecule has 97 valence electrons. The van der Waals surface area contributed by atoms with Crippen LogP contribution in [0.4, 0.5) is 0 Å². The van der Waals surface area contributed by atoms with Crippen LogP contribution in [0.1, 0.15) is 52.7 Å². The smallest absolute Gasteiger partial charge is 0.873 e. The zero-order valence-corrected chi connectivity index (χ0v) is 12.3. The number of hydrogen-bond donors (Lipinski definition) is 0. The molecule has 1 aromatic rings. The second-order valence-electron chi connectivity index (χ2n) is 6.32. The second-order valence-corrected chi connectivity index (χ2v) is 6.32. The quantitative estimate of drug-likeness (QED) is 0.732. The molecule has 2 nitrogen and oxygen atoms in total. The molecule has 0 heterocycles. The molecule has 1 aromatic carbocycles. The van der Waals surface area contributed by atoms with Gasteiger partial charge in [-0.05, 0) is 10.8 Å². The van der Waals surface area contributed by atoms with E-state index in [0.29, 0.717) is 11.1 Å². The molecule has 0 atom stereocenters. The molecule has 17 heavy (non-hydrogen) atoms. The Bertz CT molecular complexity index is 359. The predicted molar refractivity (Wildman–Crippen MR) is 62.7 cm³/mol. The molecular formula is C14H20CoO2. The van der Waals surface area contributed by atoms with E-state index in [1.54, 1.807) is 12.1 Å². The van der Waals surface area contributed by atoms with Crippen LogP contribution in [0, 0.1) is 0 Å². The van der Waals surface area contributed by atoms with E-state index in [-0.39, 0.29) is 39.1 Å². The van der Waals surface area contributed by atoms with Crippen molar-refractivity contribution in [2.24, 2.45) is 0 Å². The Labute approximate surface area is 114 Å². The molecule has 1 radical (unpaired) electrons. The van der Waals surface area contributed by atoms with Crippen molar-refractivity contribution in [3.8, 4) is 11.5 Å². The van der Waals surface area contributed by atoms with E-state index >= 15 is 0 Å². The summed E-state index contributed by atoms with van der Waals surface area (Å²) in [6, 6.07) is 3.59. The minimum Gasteiger partial charge on any atom is -0.873 e. The molecule has 0 aliphatic heterocycles. The van der Waals surface area contributed by atoms with E-state index in [1.807, 2.05) is 41.5 Å². The average Bonchev–Trinajstić information content (AvgIpc) is 2.05. The molecule has 3 heteroatoms. The summed E-state index contributed by atoms with van der Waals surface area (Å²) in [6.07, 6.45) is 0. The first-order chi connectivity index (χ1) is 7.05. The van der Waals surface area contributed by atoms with Gasteiger partial charge in [-0.3, -0.25) is 0 Å². The third kappa shape index (κ3) is 3.39. The molecule has 0 unspecified atom stereocenters. The van der Waals surface area contributed by atoms with Crippen LogP contribution in [0.2, 0.25) is 0 Å². The molecule has 0 fully saturated rings. The average molecular weight is 279 g/mol. The summed E-state index contributed by atoms with van der Waals surface area (Å²) < 4.78 is 0. The molecule has 0 N–H and O–H groups in total. The Morgan fingerprint density at radius 1 is 0.706 bits per heavy atom. The molecule has 0 amide bonds. The van der Waals surface area contributed by atoms with Crippen LogP contribution in [-0.2, 0) is 27.6 Å². The Morgan fingerprint density at radius 3 is 1.12 bits per heavy atom. The van der Waals surface area contributed by atoms with Gasteiger partial charge in [-0.15, -0.1) is 11.5 Å². The summed E-state index contributed by atoms with van der Waals surface area (Å²) in [5.41, 5.74) is 0.662. The van der Waals surface area contributed by atoms with Gasteiger partial charge in [0.15, 0.2) is 0 Å². The Hall–Kier alpha value is -0.674. The Kier molecular flexibility index (Phi) is 4.71. The van der Waals surface area contributed by atoms with Gasteiger partial charge in [-0.2, -0.15) is 0 Å². The topological polar surface area (TPSA) is 46.1 Å². The van der Waals surface area contributed by atoms with Crippen LogP contribution < -0.4 is 10.2 Å². The normalized spacial score (nSPS) is 12.1. The van der Waals surface area contributed by atoms with Crippen molar-refractivity contribution in [3.63, 3.8) is 0 Å².